The van der Waals surface area contributed by atoms with Crippen LogP contribution in [0.25, 0.3) is 0 Å². The number of H-pyrrole nitrogens is 1. The quantitative estimate of drug-likeness (QED) is 0.622. The maximum absolute atomic E-state index is 10.4. The van der Waals surface area contributed by atoms with Crippen molar-refractivity contribution >= 4 is 34.8 Å². The van der Waals surface area contributed by atoms with Gasteiger partial charge in [-0.3, -0.25) is 4.79 Å². The molecule has 0 fully saturated rings. The summed E-state index contributed by atoms with van der Waals surface area (Å²) in [6.07, 6.45) is 0.492. The molecule has 0 amide bonds. The van der Waals surface area contributed by atoms with E-state index >= 15 is 0 Å². The van der Waals surface area contributed by atoms with Crippen LogP contribution in [0.1, 0.15) is 20.8 Å². The number of nitrogens with one attached hydrogen (secondary N) is 1. The van der Waals surface area contributed by atoms with Gasteiger partial charge in [0.25, 0.3) is 0 Å². The number of aromatic amines is 1. The fraction of sp³-hybridized carbons (Fsp3) is 0. The zero-order valence-corrected chi connectivity index (χ0v) is 7.45. The van der Waals surface area contributed by atoms with E-state index in [0.717, 1.165) is 0 Å². The van der Waals surface area contributed by atoms with Gasteiger partial charge in [0.1, 0.15) is 0 Å². The molecule has 0 unspecified atom stereocenters. The first kappa shape index (κ1) is 8.25. The predicted octanol–water partition coefficient (Wildman–Crippen LogP) is 1.13. The van der Waals surface area contributed by atoms with E-state index in [1.165, 1.54) is 6.07 Å². The van der Waals surface area contributed by atoms with Gasteiger partial charge in [-0.2, -0.15) is 0 Å². The van der Waals surface area contributed by atoms with Gasteiger partial charge >= 0.3 is 5.97 Å². The Hall–Kier alpha value is -0.850. The third-order valence-electron chi connectivity index (χ3n) is 1.16. The molecule has 0 aliphatic heterocycles. The Bertz CT molecular complexity index is 305. The number of hydrogen-bond acceptors (Lipinski definition) is 2. The number of carbonyl (C=O) groups is 2. The number of carbonyl (C=O) groups excluding carboxylic acids is 1. The van der Waals surface area contributed by atoms with E-state index in [1.54, 1.807) is 0 Å². The van der Waals surface area contributed by atoms with E-state index in [4.69, 9.17) is 5.11 Å². The topological polar surface area (TPSA) is 70.2 Å². The van der Waals surface area contributed by atoms with Crippen LogP contribution >= 0.6 is 22.6 Å². The highest BCUT2D eigenvalue weighted by Crippen LogP contribution is 2.10. The summed E-state index contributed by atoms with van der Waals surface area (Å²) in [5.41, 5.74) is 0.131. The average Bonchev–Trinajstić information content (AvgIpc) is 2.30. The normalized spacial score (nSPS) is 9.55. The monoisotopic (exact) mass is 265 g/mol. The molecule has 4 nitrogen and oxygen atoms in total. The highest BCUT2D eigenvalue weighted by molar-refractivity contribution is 14.1. The Morgan fingerprint density at radius 1 is 1.73 bits per heavy atom. The summed E-state index contributed by atoms with van der Waals surface area (Å²) in [5, 5.41) is 8.53. The number of carboxylic acids is 1. The third-order valence-corrected chi connectivity index (χ3v) is 1.74. The lowest BCUT2D eigenvalue weighted by Crippen LogP contribution is -1.98. The minimum Gasteiger partial charge on any atom is -0.478 e. The highest BCUT2D eigenvalue weighted by Gasteiger charge is 2.11. The van der Waals surface area contributed by atoms with E-state index in [9.17, 15) is 9.59 Å². The Balaban J connectivity index is 3.22. The first-order valence-electron chi connectivity index (χ1n) is 2.72. The summed E-state index contributed by atoms with van der Waals surface area (Å²) in [4.78, 5) is 23.3. The highest BCUT2D eigenvalue weighted by atomic mass is 127. The maximum Gasteiger partial charge on any atom is 0.338 e. The second kappa shape index (κ2) is 3.04. The SMILES string of the molecule is O=Cc1[nH]c(I)cc1C(=O)O. The summed E-state index contributed by atoms with van der Waals surface area (Å²) in [6, 6.07) is 1.41. The van der Waals surface area contributed by atoms with Crippen LogP contribution < -0.4 is 0 Å². The summed E-state index contributed by atoms with van der Waals surface area (Å²) in [7, 11) is 0. The van der Waals surface area contributed by atoms with Gasteiger partial charge in [0.2, 0.25) is 0 Å². The molecular formula is C6H4INO3. The molecule has 1 rings (SSSR count). The molecular weight excluding hydrogens is 261 g/mol. The number of aromatic nitrogens is 1. The fourth-order valence-corrected chi connectivity index (χ4v) is 1.31. The first-order chi connectivity index (χ1) is 5.15. The lowest BCUT2D eigenvalue weighted by Gasteiger charge is -1.86. The third kappa shape index (κ3) is 1.59. The van der Waals surface area contributed by atoms with Crippen LogP contribution in [0.2, 0.25) is 0 Å². The molecule has 0 atom stereocenters. The molecule has 5 heteroatoms. The molecule has 2 N–H and O–H groups in total. The average molecular weight is 265 g/mol. The summed E-state index contributed by atoms with van der Waals surface area (Å²) >= 11 is 1.91. The van der Waals surface area contributed by atoms with Crippen molar-refractivity contribution in [2.24, 2.45) is 0 Å². The van der Waals surface area contributed by atoms with Gasteiger partial charge in [-0.05, 0) is 28.7 Å². The number of carboxylic acid groups (broad SMARTS) is 1. The van der Waals surface area contributed by atoms with Gasteiger partial charge < -0.3 is 10.1 Å². The van der Waals surface area contributed by atoms with Gasteiger partial charge in [-0.25, -0.2) is 4.79 Å². The molecule has 0 saturated heterocycles. The minimum absolute atomic E-state index is 0.0180. The number of halogens is 1. The van der Waals surface area contributed by atoms with Crippen LogP contribution in [0.5, 0.6) is 0 Å². The van der Waals surface area contributed by atoms with Crippen LogP contribution in [-0.2, 0) is 0 Å². The van der Waals surface area contributed by atoms with Crippen molar-refractivity contribution in [2.45, 2.75) is 0 Å². The lowest BCUT2D eigenvalue weighted by atomic mass is 10.2. The lowest BCUT2D eigenvalue weighted by molar-refractivity contribution is 0.0694. The first-order valence-corrected chi connectivity index (χ1v) is 3.80. The van der Waals surface area contributed by atoms with Crippen molar-refractivity contribution in [3.63, 3.8) is 0 Å². The summed E-state index contributed by atoms with van der Waals surface area (Å²) in [5.74, 6) is -1.09. The van der Waals surface area contributed by atoms with E-state index in [-0.39, 0.29) is 11.3 Å². The van der Waals surface area contributed by atoms with Crippen LogP contribution in [0.15, 0.2) is 6.07 Å². The standard InChI is InChI=1S/C6H4INO3/c7-5-1-3(6(10)11)4(2-9)8-5/h1-2,8H,(H,10,11). The second-order valence-electron chi connectivity index (χ2n) is 1.87. The largest absolute Gasteiger partial charge is 0.478 e. The summed E-state index contributed by atoms with van der Waals surface area (Å²) in [6.45, 7) is 0. The van der Waals surface area contributed by atoms with Gasteiger partial charge in [-0.15, -0.1) is 0 Å². The van der Waals surface area contributed by atoms with Crippen LogP contribution in [0.4, 0.5) is 0 Å². The van der Waals surface area contributed by atoms with Crippen LogP contribution in [-0.4, -0.2) is 22.3 Å². The Morgan fingerprint density at radius 3 is 2.73 bits per heavy atom. The van der Waals surface area contributed by atoms with E-state index in [2.05, 4.69) is 4.98 Å². The number of aldehydes is 1. The van der Waals surface area contributed by atoms with Gasteiger partial charge in [0.05, 0.1) is 15.0 Å². The van der Waals surface area contributed by atoms with Crippen molar-refractivity contribution < 1.29 is 14.7 Å². The molecule has 0 radical (unpaired) electrons. The molecule has 0 spiro atoms. The van der Waals surface area contributed by atoms with Crippen molar-refractivity contribution in [1.82, 2.24) is 4.98 Å². The number of aromatic carboxylic acids is 1. The molecule has 0 aliphatic rings. The fourth-order valence-electron chi connectivity index (χ4n) is 0.706. The zero-order chi connectivity index (χ0) is 8.43. The van der Waals surface area contributed by atoms with Crippen LogP contribution in [0, 0.1) is 3.70 Å². The predicted molar refractivity (Wildman–Crippen MR) is 45.9 cm³/mol. The van der Waals surface area contributed by atoms with Crippen molar-refractivity contribution in [2.75, 3.05) is 0 Å². The summed E-state index contributed by atoms with van der Waals surface area (Å²) < 4.78 is 0.641. The number of rotatable bonds is 2. The van der Waals surface area contributed by atoms with Gasteiger partial charge in [-0.1, -0.05) is 0 Å². The second-order valence-corrected chi connectivity index (χ2v) is 3.03. The molecule has 0 saturated carbocycles. The van der Waals surface area contributed by atoms with Gasteiger partial charge in [0.15, 0.2) is 6.29 Å². The smallest absolute Gasteiger partial charge is 0.338 e. The van der Waals surface area contributed by atoms with Crippen molar-refractivity contribution in [1.29, 1.82) is 0 Å². The van der Waals surface area contributed by atoms with Crippen molar-refractivity contribution in [3.05, 3.63) is 21.0 Å². The molecule has 1 aromatic rings. The minimum atomic E-state index is -1.09. The molecule has 1 aromatic heterocycles. The van der Waals surface area contributed by atoms with Crippen molar-refractivity contribution in [3.8, 4) is 0 Å². The molecule has 58 valence electrons. The Morgan fingerprint density at radius 2 is 2.36 bits per heavy atom. The molecule has 1 heterocycles. The Kier molecular flexibility index (Phi) is 2.28. The molecule has 0 aromatic carbocycles. The molecule has 0 aliphatic carbocycles. The number of hydrogen-bond donors (Lipinski definition) is 2. The van der Waals surface area contributed by atoms with Crippen LogP contribution in [0.3, 0.4) is 0 Å². The van der Waals surface area contributed by atoms with E-state index < -0.39 is 5.97 Å². The zero-order valence-electron chi connectivity index (χ0n) is 5.30. The molecule has 0 bridgehead atoms. The van der Waals surface area contributed by atoms with E-state index in [0.29, 0.717) is 9.99 Å². The maximum atomic E-state index is 10.4. The molecule has 11 heavy (non-hydrogen) atoms. The Labute approximate surface area is 75.7 Å². The van der Waals surface area contributed by atoms with E-state index in [1.807, 2.05) is 22.6 Å². The van der Waals surface area contributed by atoms with Gasteiger partial charge in [0, 0.05) is 0 Å².